The third kappa shape index (κ3) is 4.56. The molecule has 1 fully saturated rings. The molecule has 0 unspecified atom stereocenters. The first kappa shape index (κ1) is 22.4. The number of allylic oxidation sites excluding steroid dienone is 5. The first-order valence-electron chi connectivity index (χ1n) is 10.6. The van der Waals surface area contributed by atoms with E-state index in [1.54, 1.807) is 6.07 Å². The molecular weight excluding hydrogens is 385 g/mol. The maximum Gasteiger partial charge on any atom is 0.416 e. The van der Waals surface area contributed by atoms with Gasteiger partial charge in [-0.2, -0.15) is 13.2 Å². The summed E-state index contributed by atoms with van der Waals surface area (Å²) in [6.07, 6.45) is 2.95. The van der Waals surface area contributed by atoms with Crippen LogP contribution in [0.1, 0.15) is 74.8 Å². The second kappa shape index (κ2) is 8.84. The zero-order chi connectivity index (χ0) is 22.1. The van der Waals surface area contributed by atoms with E-state index in [4.69, 9.17) is 0 Å². The van der Waals surface area contributed by atoms with Gasteiger partial charge in [-0.15, -0.1) is 0 Å². The van der Waals surface area contributed by atoms with Crippen molar-refractivity contribution in [3.63, 3.8) is 0 Å². The smallest absolute Gasteiger partial charge is 0.354 e. The molecule has 1 aliphatic heterocycles. The highest BCUT2D eigenvalue weighted by molar-refractivity contribution is 5.93. The predicted octanol–water partition coefficient (Wildman–Crippen LogP) is 7.31. The molecule has 0 radical (unpaired) electrons. The summed E-state index contributed by atoms with van der Waals surface area (Å²) in [5, 5.41) is 4.14. The minimum Gasteiger partial charge on any atom is -0.354 e. The summed E-state index contributed by atoms with van der Waals surface area (Å²) >= 11 is 0. The Morgan fingerprint density at radius 1 is 1.20 bits per heavy atom. The molecule has 1 aromatic carbocycles. The van der Waals surface area contributed by atoms with Crippen LogP contribution < -0.4 is 5.32 Å². The SMILES string of the molecule is C=C(C)/C=C(\C=C/C)c1[nH]c2cc(C(F)(F)F)c(C3CCNCC3)cc2c1C(C)C. The number of halogens is 3. The number of hydrogen-bond donors (Lipinski definition) is 2. The lowest BCUT2D eigenvalue weighted by molar-refractivity contribution is -0.138. The Morgan fingerprint density at radius 2 is 1.87 bits per heavy atom. The normalized spacial score (nSPS) is 16.9. The summed E-state index contributed by atoms with van der Waals surface area (Å²) in [6.45, 7) is 13.5. The third-order valence-corrected chi connectivity index (χ3v) is 5.71. The lowest BCUT2D eigenvalue weighted by Crippen LogP contribution is -2.27. The van der Waals surface area contributed by atoms with Gasteiger partial charge in [-0.3, -0.25) is 0 Å². The van der Waals surface area contributed by atoms with E-state index in [1.165, 1.54) is 6.07 Å². The monoisotopic (exact) mass is 416 g/mol. The number of aromatic amines is 1. The molecule has 3 rings (SSSR count). The molecule has 0 aliphatic carbocycles. The number of aromatic nitrogens is 1. The Hall–Kier alpha value is -2.27. The van der Waals surface area contributed by atoms with Crippen LogP contribution in [-0.4, -0.2) is 18.1 Å². The quantitative estimate of drug-likeness (QED) is 0.491. The van der Waals surface area contributed by atoms with Crippen LogP contribution in [0, 0.1) is 0 Å². The minimum absolute atomic E-state index is 0.0772. The van der Waals surface area contributed by atoms with E-state index in [9.17, 15) is 13.2 Å². The fourth-order valence-electron chi connectivity index (χ4n) is 4.47. The van der Waals surface area contributed by atoms with E-state index in [2.05, 4.69) is 30.7 Å². The minimum atomic E-state index is -4.38. The van der Waals surface area contributed by atoms with Crippen LogP contribution in [0.25, 0.3) is 16.5 Å². The van der Waals surface area contributed by atoms with E-state index in [-0.39, 0.29) is 11.8 Å². The summed E-state index contributed by atoms with van der Waals surface area (Å²) < 4.78 is 42.0. The summed E-state index contributed by atoms with van der Waals surface area (Å²) in [5.74, 6) is 0.0803. The van der Waals surface area contributed by atoms with E-state index in [0.29, 0.717) is 11.1 Å². The predicted molar refractivity (Wildman–Crippen MR) is 120 cm³/mol. The molecule has 5 heteroatoms. The van der Waals surface area contributed by atoms with Crippen LogP contribution in [0.4, 0.5) is 13.2 Å². The van der Waals surface area contributed by atoms with E-state index in [1.807, 2.05) is 32.1 Å². The maximum absolute atomic E-state index is 14.0. The van der Waals surface area contributed by atoms with Crippen LogP contribution in [0.5, 0.6) is 0 Å². The zero-order valence-corrected chi connectivity index (χ0v) is 18.2. The lowest BCUT2D eigenvalue weighted by atomic mass is 9.85. The number of H-pyrrole nitrogens is 1. The molecule has 0 amide bonds. The lowest BCUT2D eigenvalue weighted by Gasteiger charge is -2.26. The third-order valence-electron chi connectivity index (χ3n) is 5.71. The van der Waals surface area contributed by atoms with Gasteiger partial charge in [0.1, 0.15) is 0 Å². The molecule has 30 heavy (non-hydrogen) atoms. The molecule has 1 aromatic heterocycles. The number of nitrogens with one attached hydrogen (secondary N) is 2. The van der Waals surface area contributed by atoms with Crippen molar-refractivity contribution in [1.29, 1.82) is 0 Å². The maximum atomic E-state index is 14.0. The van der Waals surface area contributed by atoms with E-state index >= 15 is 0 Å². The fraction of sp³-hybridized carbons (Fsp3) is 0.440. The molecular formula is C25H31F3N2. The second-order valence-electron chi connectivity index (χ2n) is 8.52. The fourth-order valence-corrected chi connectivity index (χ4v) is 4.47. The average Bonchev–Trinajstić information content (AvgIpc) is 3.05. The number of piperidine rings is 1. The molecule has 0 atom stereocenters. The van der Waals surface area contributed by atoms with Crippen LogP contribution >= 0.6 is 0 Å². The van der Waals surface area contributed by atoms with Crippen LogP contribution in [0.2, 0.25) is 0 Å². The van der Waals surface area contributed by atoms with Crippen molar-refractivity contribution in [2.24, 2.45) is 0 Å². The molecule has 0 bridgehead atoms. The van der Waals surface area contributed by atoms with Gasteiger partial charge in [-0.05, 0) is 80.4 Å². The molecule has 2 N–H and O–H groups in total. The Labute approximate surface area is 176 Å². The van der Waals surface area contributed by atoms with Gasteiger partial charge in [0.05, 0.1) is 5.56 Å². The van der Waals surface area contributed by atoms with Gasteiger partial charge in [0, 0.05) is 16.6 Å². The highest BCUT2D eigenvalue weighted by Gasteiger charge is 2.36. The number of alkyl halides is 3. The number of fused-ring (bicyclic) bond motifs is 1. The Kier molecular flexibility index (Phi) is 6.61. The summed E-state index contributed by atoms with van der Waals surface area (Å²) in [7, 11) is 0. The number of benzene rings is 1. The van der Waals surface area contributed by atoms with Gasteiger partial charge in [-0.25, -0.2) is 0 Å². The molecule has 162 valence electrons. The summed E-state index contributed by atoms with van der Waals surface area (Å²) in [5.41, 5.74) is 4.21. The summed E-state index contributed by atoms with van der Waals surface area (Å²) in [6, 6.07) is 3.12. The van der Waals surface area contributed by atoms with Crippen molar-refractivity contribution in [3.8, 4) is 0 Å². The molecule has 0 saturated carbocycles. The van der Waals surface area contributed by atoms with Crippen molar-refractivity contribution in [3.05, 3.63) is 64.9 Å². The van der Waals surface area contributed by atoms with Crippen LogP contribution in [0.15, 0.2) is 42.5 Å². The summed E-state index contributed by atoms with van der Waals surface area (Å²) in [4.78, 5) is 3.31. The second-order valence-corrected chi connectivity index (χ2v) is 8.52. The van der Waals surface area contributed by atoms with E-state index < -0.39 is 11.7 Å². The number of hydrogen-bond acceptors (Lipinski definition) is 1. The molecule has 2 nitrogen and oxygen atoms in total. The van der Waals surface area contributed by atoms with Gasteiger partial charge in [0.25, 0.3) is 0 Å². The Morgan fingerprint density at radius 3 is 2.40 bits per heavy atom. The molecule has 1 saturated heterocycles. The molecule has 0 spiro atoms. The van der Waals surface area contributed by atoms with Gasteiger partial charge < -0.3 is 10.3 Å². The van der Waals surface area contributed by atoms with Crippen LogP contribution in [0.3, 0.4) is 0 Å². The topological polar surface area (TPSA) is 27.8 Å². The van der Waals surface area contributed by atoms with Gasteiger partial charge in [0.15, 0.2) is 0 Å². The largest absolute Gasteiger partial charge is 0.416 e. The first-order chi connectivity index (χ1) is 14.1. The van der Waals surface area contributed by atoms with Crippen molar-refractivity contribution in [2.45, 2.75) is 58.5 Å². The van der Waals surface area contributed by atoms with Crippen molar-refractivity contribution in [1.82, 2.24) is 10.3 Å². The highest BCUT2D eigenvalue weighted by Crippen LogP contribution is 2.43. The van der Waals surface area contributed by atoms with Gasteiger partial charge in [-0.1, -0.05) is 44.2 Å². The number of rotatable bonds is 5. The van der Waals surface area contributed by atoms with E-state index in [0.717, 1.165) is 53.7 Å². The van der Waals surface area contributed by atoms with Crippen molar-refractivity contribution in [2.75, 3.05) is 13.1 Å². The standard InChI is InChI=1S/C25H31F3N2/c1-6-7-18(12-15(2)3)24-23(16(4)5)20-13-19(17-8-10-29-11-9-17)21(25(26,27)28)14-22(20)30-24/h6-7,12-14,16-17,29-30H,2,8-11H2,1,3-5H3/b7-6-,18-12+. The van der Waals surface area contributed by atoms with Gasteiger partial charge in [0.2, 0.25) is 0 Å². The molecule has 2 heterocycles. The highest BCUT2D eigenvalue weighted by atomic mass is 19.4. The average molecular weight is 417 g/mol. The van der Waals surface area contributed by atoms with Crippen LogP contribution in [-0.2, 0) is 6.18 Å². The zero-order valence-electron chi connectivity index (χ0n) is 18.2. The van der Waals surface area contributed by atoms with Crippen molar-refractivity contribution < 1.29 is 13.2 Å². The Bertz CT molecular complexity index is 984. The first-order valence-corrected chi connectivity index (χ1v) is 10.6. The molecule has 1 aliphatic rings. The van der Waals surface area contributed by atoms with Gasteiger partial charge >= 0.3 is 6.18 Å². The molecule has 2 aromatic rings. The van der Waals surface area contributed by atoms with Crippen molar-refractivity contribution >= 4 is 16.5 Å². The Balaban J connectivity index is 2.32.